The molecule has 3 rings (SSSR count). The van der Waals surface area contributed by atoms with Crippen molar-refractivity contribution in [2.75, 3.05) is 28.4 Å². The zero-order valence-corrected chi connectivity index (χ0v) is 15.5. The van der Waals surface area contributed by atoms with E-state index in [1.807, 2.05) is 12.1 Å². The summed E-state index contributed by atoms with van der Waals surface area (Å²) in [6.45, 7) is 0. The van der Waals surface area contributed by atoms with E-state index in [0.29, 0.717) is 28.7 Å². The van der Waals surface area contributed by atoms with Crippen LogP contribution in [0.1, 0.15) is 0 Å². The molecule has 0 saturated heterocycles. The quantitative estimate of drug-likeness (QED) is 0.712. The van der Waals surface area contributed by atoms with Gasteiger partial charge in [0.15, 0.2) is 23.0 Å². The number of aromatic nitrogens is 2. The van der Waals surface area contributed by atoms with Gasteiger partial charge in [-0.3, -0.25) is 0 Å². The Balaban J connectivity index is 2.18. The minimum absolute atomic E-state index is 0.0441. The molecule has 0 aliphatic carbocycles. The van der Waals surface area contributed by atoms with E-state index in [0.717, 1.165) is 16.7 Å². The van der Waals surface area contributed by atoms with Crippen LogP contribution in [0, 0.1) is 0 Å². The average Bonchev–Trinajstić information content (AvgIpc) is 2.72. The van der Waals surface area contributed by atoms with Crippen molar-refractivity contribution in [2.24, 2.45) is 0 Å². The molecule has 140 valence electrons. The van der Waals surface area contributed by atoms with Gasteiger partial charge in [-0.15, -0.1) is 5.10 Å². The molecule has 0 aliphatic rings. The van der Waals surface area contributed by atoms with Gasteiger partial charge in [0, 0.05) is 11.1 Å². The van der Waals surface area contributed by atoms with Crippen molar-refractivity contribution in [2.45, 2.75) is 0 Å². The third-order valence-corrected chi connectivity index (χ3v) is 4.15. The predicted molar refractivity (Wildman–Crippen MR) is 101 cm³/mol. The van der Waals surface area contributed by atoms with E-state index in [9.17, 15) is 5.11 Å². The van der Waals surface area contributed by atoms with Crippen LogP contribution >= 0.6 is 0 Å². The number of ether oxygens (including phenoxy) is 4. The molecule has 0 amide bonds. The van der Waals surface area contributed by atoms with Crippen LogP contribution in [-0.2, 0) is 0 Å². The maximum atomic E-state index is 10.1. The molecule has 0 radical (unpaired) electrons. The van der Waals surface area contributed by atoms with Crippen LogP contribution in [0.2, 0.25) is 0 Å². The Morgan fingerprint density at radius 3 is 1.96 bits per heavy atom. The predicted octanol–water partition coefficient (Wildman–Crippen LogP) is 3.55. The summed E-state index contributed by atoms with van der Waals surface area (Å²) in [7, 11) is 6.17. The fourth-order valence-electron chi connectivity index (χ4n) is 2.85. The highest BCUT2D eigenvalue weighted by Gasteiger charge is 2.18. The molecular formula is C20H20N2O5. The Labute approximate surface area is 157 Å². The summed E-state index contributed by atoms with van der Waals surface area (Å²) in [6, 6.07) is 10.6. The number of rotatable bonds is 6. The first-order valence-corrected chi connectivity index (χ1v) is 8.12. The molecule has 27 heavy (non-hydrogen) atoms. The van der Waals surface area contributed by atoms with Gasteiger partial charge in [0.1, 0.15) is 5.69 Å². The molecule has 1 heterocycles. The first kappa shape index (κ1) is 18.3. The van der Waals surface area contributed by atoms with E-state index in [1.165, 1.54) is 7.11 Å². The minimum atomic E-state index is 0.0441. The van der Waals surface area contributed by atoms with Crippen LogP contribution in [0.4, 0.5) is 0 Å². The normalized spacial score (nSPS) is 10.4. The van der Waals surface area contributed by atoms with Crippen LogP contribution in [0.3, 0.4) is 0 Å². The van der Waals surface area contributed by atoms with Gasteiger partial charge in [0.2, 0.25) is 5.75 Å². The zero-order valence-electron chi connectivity index (χ0n) is 15.5. The zero-order chi connectivity index (χ0) is 19.4. The van der Waals surface area contributed by atoms with Gasteiger partial charge in [0.25, 0.3) is 0 Å². The second-order valence-electron chi connectivity index (χ2n) is 5.59. The molecule has 3 aromatic rings. The van der Waals surface area contributed by atoms with Gasteiger partial charge < -0.3 is 24.1 Å². The number of benzene rings is 2. The molecule has 0 atom stereocenters. The van der Waals surface area contributed by atoms with E-state index >= 15 is 0 Å². The fraction of sp³-hybridized carbons (Fsp3) is 0.200. The molecule has 0 bridgehead atoms. The van der Waals surface area contributed by atoms with Gasteiger partial charge in [-0.25, -0.2) is 0 Å². The molecule has 1 aromatic heterocycles. The van der Waals surface area contributed by atoms with Crippen LogP contribution in [0.15, 0.2) is 42.6 Å². The Morgan fingerprint density at radius 1 is 0.741 bits per heavy atom. The van der Waals surface area contributed by atoms with Crippen molar-refractivity contribution in [1.82, 2.24) is 10.2 Å². The lowest BCUT2D eigenvalue weighted by Crippen LogP contribution is -1.98. The Bertz CT molecular complexity index is 934. The van der Waals surface area contributed by atoms with Crippen molar-refractivity contribution in [3.05, 3.63) is 42.6 Å². The molecule has 2 aromatic carbocycles. The highest BCUT2D eigenvalue weighted by atomic mass is 16.5. The van der Waals surface area contributed by atoms with Gasteiger partial charge in [-0.2, -0.15) is 5.10 Å². The monoisotopic (exact) mass is 368 g/mol. The van der Waals surface area contributed by atoms with Crippen LogP contribution in [-0.4, -0.2) is 43.7 Å². The topological polar surface area (TPSA) is 82.9 Å². The highest BCUT2D eigenvalue weighted by Crippen LogP contribution is 2.43. The summed E-state index contributed by atoms with van der Waals surface area (Å²) in [6.07, 6.45) is 1.60. The SMILES string of the molecule is COc1ccc(-c2ccnnc2-c2cc(OC)c(OC)c(OC)c2)cc1O. The molecule has 0 fully saturated rings. The fourth-order valence-corrected chi connectivity index (χ4v) is 2.85. The van der Waals surface area contributed by atoms with E-state index in [1.54, 1.807) is 51.8 Å². The smallest absolute Gasteiger partial charge is 0.203 e. The van der Waals surface area contributed by atoms with Crippen molar-refractivity contribution in [1.29, 1.82) is 0 Å². The van der Waals surface area contributed by atoms with Crippen molar-refractivity contribution in [3.8, 4) is 51.1 Å². The lowest BCUT2D eigenvalue weighted by Gasteiger charge is -2.15. The summed E-state index contributed by atoms with van der Waals surface area (Å²) >= 11 is 0. The van der Waals surface area contributed by atoms with Crippen LogP contribution in [0.5, 0.6) is 28.7 Å². The molecular weight excluding hydrogens is 348 g/mol. The third kappa shape index (κ3) is 3.44. The molecule has 0 aliphatic heterocycles. The number of nitrogens with zero attached hydrogens (tertiary/aromatic N) is 2. The second kappa shape index (κ2) is 7.82. The molecule has 0 saturated carbocycles. The number of hydrogen-bond donors (Lipinski definition) is 1. The number of hydrogen-bond acceptors (Lipinski definition) is 7. The van der Waals surface area contributed by atoms with Crippen molar-refractivity contribution in [3.63, 3.8) is 0 Å². The summed E-state index contributed by atoms with van der Waals surface area (Å²) in [5, 5.41) is 18.4. The van der Waals surface area contributed by atoms with Gasteiger partial charge in [-0.1, -0.05) is 6.07 Å². The van der Waals surface area contributed by atoms with Crippen molar-refractivity contribution < 1.29 is 24.1 Å². The number of aromatic hydroxyl groups is 1. The van der Waals surface area contributed by atoms with Gasteiger partial charge >= 0.3 is 0 Å². The van der Waals surface area contributed by atoms with E-state index in [2.05, 4.69) is 10.2 Å². The molecule has 7 heteroatoms. The lowest BCUT2D eigenvalue weighted by molar-refractivity contribution is 0.324. The highest BCUT2D eigenvalue weighted by molar-refractivity contribution is 5.83. The number of phenolic OH excluding ortho intramolecular Hbond substituents is 1. The number of phenols is 1. The summed E-state index contributed by atoms with van der Waals surface area (Å²) in [5.41, 5.74) is 2.91. The maximum absolute atomic E-state index is 10.1. The van der Waals surface area contributed by atoms with E-state index in [4.69, 9.17) is 18.9 Å². The van der Waals surface area contributed by atoms with Gasteiger partial charge in [0.05, 0.1) is 34.6 Å². The minimum Gasteiger partial charge on any atom is -0.504 e. The molecule has 1 N–H and O–H groups in total. The first-order valence-electron chi connectivity index (χ1n) is 8.12. The standard InChI is InChI=1S/C20H20N2O5/c1-24-16-6-5-12(9-15(16)23)14-7-8-21-22-19(14)13-10-17(25-2)20(27-4)18(11-13)26-3/h5-11,23H,1-4H3. The summed E-state index contributed by atoms with van der Waals surface area (Å²) in [5.74, 6) is 1.97. The first-order chi connectivity index (χ1) is 13.1. The number of methoxy groups -OCH3 is 4. The third-order valence-electron chi connectivity index (χ3n) is 4.15. The largest absolute Gasteiger partial charge is 0.504 e. The summed E-state index contributed by atoms with van der Waals surface area (Å²) in [4.78, 5) is 0. The van der Waals surface area contributed by atoms with Gasteiger partial charge in [-0.05, 0) is 35.9 Å². The Kier molecular flexibility index (Phi) is 5.30. The van der Waals surface area contributed by atoms with Crippen LogP contribution in [0.25, 0.3) is 22.4 Å². The van der Waals surface area contributed by atoms with E-state index < -0.39 is 0 Å². The lowest BCUT2D eigenvalue weighted by atomic mass is 9.99. The Morgan fingerprint density at radius 2 is 1.41 bits per heavy atom. The van der Waals surface area contributed by atoms with Crippen LogP contribution < -0.4 is 18.9 Å². The average molecular weight is 368 g/mol. The van der Waals surface area contributed by atoms with E-state index in [-0.39, 0.29) is 5.75 Å². The molecule has 0 spiro atoms. The van der Waals surface area contributed by atoms with Crippen molar-refractivity contribution >= 4 is 0 Å². The maximum Gasteiger partial charge on any atom is 0.203 e. The molecule has 7 nitrogen and oxygen atoms in total. The second-order valence-corrected chi connectivity index (χ2v) is 5.59. The summed E-state index contributed by atoms with van der Waals surface area (Å²) < 4.78 is 21.3. The Hall–Kier alpha value is -3.48. The molecule has 0 unspecified atom stereocenters.